The van der Waals surface area contributed by atoms with Gasteiger partial charge in [-0.25, -0.2) is 0 Å². The van der Waals surface area contributed by atoms with Crippen LogP contribution in [0.3, 0.4) is 0 Å². The standard InChI is InChI=1S/C24H36N4O8/c1-18(2)24(36)28(15-19-6-4-3-5-7-19)17-22(33)27(11-13-30)16-21(32)26(10-12-29)9-8-20(31)25-14-23(34)35/h3-7,18,29-30H,8-17H2,1-2H3,(H,25,31)(H,34,35). The fourth-order valence-electron chi connectivity index (χ4n) is 3.30. The molecule has 0 aliphatic carbocycles. The van der Waals surface area contributed by atoms with Crippen LogP contribution in [0.2, 0.25) is 0 Å². The Kier molecular flexibility index (Phi) is 13.7. The summed E-state index contributed by atoms with van der Waals surface area (Å²) >= 11 is 0. The van der Waals surface area contributed by atoms with E-state index in [0.717, 1.165) is 10.5 Å². The first-order valence-electron chi connectivity index (χ1n) is 11.7. The fourth-order valence-corrected chi connectivity index (χ4v) is 3.30. The van der Waals surface area contributed by atoms with E-state index < -0.39 is 43.4 Å². The van der Waals surface area contributed by atoms with Gasteiger partial charge in [-0.2, -0.15) is 0 Å². The van der Waals surface area contributed by atoms with Crippen LogP contribution in [0.15, 0.2) is 30.3 Å². The molecule has 0 heterocycles. The van der Waals surface area contributed by atoms with Gasteiger partial charge in [0.1, 0.15) is 13.1 Å². The van der Waals surface area contributed by atoms with Crippen molar-refractivity contribution >= 4 is 29.6 Å². The Morgan fingerprint density at radius 1 is 0.833 bits per heavy atom. The number of aliphatic carboxylic acids is 1. The van der Waals surface area contributed by atoms with Gasteiger partial charge < -0.3 is 35.3 Å². The number of benzene rings is 1. The van der Waals surface area contributed by atoms with Crippen molar-refractivity contribution in [3.05, 3.63) is 35.9 Å². The lowest BCUT2D eigenvalue weighted by Crippen LogP contribution is -2.49. The third-order valence-corrected chi connectivity index (χ3v) is 5.16. The minimum absolute atomic E-state index is 0.0990. The molecule has 0 unspecified atom stereocenters. The van der Waals surface area contributed by atoms with Gasteiger partial charge in [0.15, 0.2) is 0 Å². The Hall–Kier alpha value is -3.51. The zero-order chi connectivity index (χ0) is 27.1. The van der Waals surface area contributed by atoms with Crippen LogP contribution in [-0.4, -0.2) is 112 Å². The summed E-state index contributed by atoms with van der Waals surface area (Å²) in [6, 6.07) is 9.15. The van der Waals surface area contributed by atoms with Crippen LogP contribution < -0.4 is 5.32 Å². The largest absolute Gasteiger partial charge is 0.480 e. The highest BCUT2D eigenvalue weighted by molar-refractivity contribution is 5.89. The first kappa shape index (κ1) is 30.5. The number of amides is 4. The number of aliphatic hydroxyl groups excluding tert-OH is 2. The minimum atomic E-state index is -1.21. The Labute approximate surface area is 210 Å². The van der Waals surface area contributed by atoms with Crippen LogP contribution in [0, 0.1) is 5.92 Å². The maximum atomic E-state index is 13.1. The monoisotopic (exact) mass is 508 g/mol. The third-order valence-electron chi connectivity index (χ3n) is 5.16. The average Bonchev–Trinajstić information content (AvgIpc) is 2.84. The molecule has 1 aromatic carbocycles. The molecule has 12 nitrogen and oxygen atoms in total. The summed E-state index contributed by atoms with van der Waals surface area (Å²) in [5.74, 6) is -3.49. The molecule has 1 rings (SSSR count). The number of nitrogens with one attached hydrogen (secondary N) is 1. The number of carboxylic acids is 1. The molecule has 0 spiro atoms. The van der Waals surface area contributed by atoms with Gasteiger partial charge in [-0.1, -0.05) is 44.2 Å². The lowest BCUT2D eigenvalue weighted by molar-refractivity contribution is -0.146. The minimum Gasteiger partial charge on any atom is -0.480 e. The van der Waals surface area contributed by atoms with E-state index in [1.54, 1.807) is 13.8 Å². The molecule has 200 valence electrons. The molecular formula is C24H36N4O8. The summed E-state index contributed by atoms with van der Waals surface area (Å²) in [6.45, 7) is 1.23. The quantitative estimate of drug-likeness (QED) is 0.218. The summed E-state index contributed by atoms with van der Waals surface area (Å²) < 4.78 is 0. The molecule has 12 heteroatoms. The third kappa shape index (κ3) is 11.3. The number of carbonyl (C=O) groups excluding carboxylic acids is 4. The van der Waals surface area contributed by atoms with E-state index in [9.17, 15) is 34.2 Å². The topological polar surface area (TPSA) is 168 Å². The molecular weight excluding hydrogens is 472 g/mol. The predicted octanol–water partition coefficient (Wildman–Crippen LogP) is -1.10. The van der Waals surface area contributed by atoms with Gasteiger partial charge in [0.05, 0.1) is 19.8 Å². The maximum Gasteiger partial charge on any atom is 0.322 e. The summed E-state index contributed by atoms with van der Waals surface area (Å²) in [5, 5.41) is 29.6. The van der Waals surface area contributed by atoms with Crippen LogP contribution in [0.1, 0.15) is 25.8 Å². The highest BCUT2D eigenvalue weighted by Crippen LogP contribution is 2.10. The number of carbonyl (C=O) groups is 5. The second kappa shape index (κ2) is 16.2. The molecule has 0 fully saturated rings. The second-order valence-corrected chi connectivity index (χ2v) is 8.40. The molecule has 0 atom stereocenters. The van der Waals surface area contributed by atoms with Gasteiger partial charge in [-0.15, -0.1) is 0 Å². The van der Waals surface area contributed by atoms with Crippen molar-refractivity contribution in [2.45, 2.75) is 26.8 Å². The van der Waals surface area contributed by atoms with Crippen LogP contribution in [0.5, 0.6) is 0 Å². The molecule has 0 aliphatic rings. The van der Waals surface area contributed by atoms with Gasteiger partial charge in [0, 0.05) is 38.5 Å². The van der Waals surface area contributed by atoms with Gasteiger partial charge in [0.2, 0.25) is 23.6 Å². The number of rotatable bonds is 16. The summed E-state index contributed by atoms with van der Waals surface area (Å²) in [7, 11) is 0. The Morgan fingerprint density at radius 2 is 1.39 bits per heavy atom. The van der Waals surface area contributed by atoms with Crippen LogP contribution in [-0.2, 0) is 30.5 Å². The molecule has 0 saturated carbocycles. The SMILES string of the molecule is CC(C)C(=O)N(CC(=O)N(CCO)CC(=O)N(CCO)CCC(=O)NCC(=O)O)Cc1ccccc1. The van der Waals surface area contributed by atoms with Crippen LogP contribution in [0.4, 0.5) is 0 Å². The highest BCUT2D eigenvalue weighted by atomic mass is 16.4. The number of carboxylic acid groups (broad SMARTS) is 1. The van der Waals surface area contributed by atoms with Crippen molar-refractivity contribution in [1.29, 1.82) is 0 Å². The van der Waals surface area contributed by atoms with Crippen molar-refractivity contribution in [2.75, 3.05) is 52.5 Å². The van der Waals surface area contributed by atoms with Crippen molar-refractivity contribution in [3.63, 3.8) is 0 Å². The molecule has 4 N–H and O–H groups in total. The van der Waals surface area contributed by atoms with Crippen LogP contribution >= 0.6 is 0 Å². The first-order valence-corrected chi connectivity index (χ1v) is 11.7. The molecule has 0 aliphatic heterocycles. The lowest BCUT2D eigenvalue weighted by atomic mass is 10.1. The van der Waals surface area contributed by atoms with E-state index in [1.807, 2.05) is 30.3 Å². The molecule has 0 radical (unpaired) electrons. The van der Waals surface area contributed by atoms with E-state index in [1.165, 1.54) is 9.80 Å². The van der Waals surface area contributed by atoms with E-state index in [-0.39, 0.29) is 57.6 Å². The lowest BCUT2D eigenvalue weighted by Gasteiger charge is -2.30. The Morgan fingerprint density at radius 3 is 1.94 bits per heavy atom. The molecule has 0 aromatic heterocycles. The molecule has 0 saturated heterocycles. The zero-order valence-electron chi connectivity index (χ0n) is 20.8. The smallest absolute Gasteiger partial charge is 0.322 e. The highest BCUT2D eigenvalue weighted by Gasteiger charge is 2.26. The van der Waals surface area contributed by atoms with Crippen molar-refractivity contribution in [2.24, 2.45) is 5.92 Å². The number of aliphatic hydroxyl groups is 2. The maximum absolute atomic E-state index is 13.1. The average molecular weight is 509 g/mol. The number of nitrogens with zero attached hydrogens (tertiary/aromatic N) is 3. The Balaban J connectivity index is 2.88. The van der Waals surface area contributed by atoms with Gasteiger partial charge in [-0.3, -0.25) is 24.0 Å². The summed E-state index contributed by atoms with van der Waals surface area (Å²) in [4.78, 5) is 64.7. The zero-order valence-corrected chi connectivity index (χ0v) is 20.8. The second-order valence-electron chi connectivity index (χ2n) is 8.40. The van der Waals surface area contributed by atoms with Crippen molar-refractivity contribution in [1.82, 2.24) is 20.0 Å². The van der Waals surface area contributed by atoms with Gasteiger partial charge in [-0.05, 0) is 5.56 Å². The summed E-state index contributed by atoms with van der Waals surface area (Å²) in [6.07, 6.45) is -0.194. The van der Waals surface area contributed by atoms with Gasteiger partial charge in [0.25, 0.3) is 0 Å². The fraction of sp³-hybridized carbons (Fsp3) is 0.542. The number of hydrogen-bond acceptors (Lipinski definition) is 7. The first-order chi connectivity index (χ1) is 17.1. The van der Waals surface area contributed by atoms with E-state index >= 15 is 0 Å². The van der Waals surface area contributed by atoms with Gasteiger partial charge >= 0.3 is 5.97 Å². The van der Waals surface area contributed by atoms with Crippen molar-refractivity contribution < 1.29 is 39.3 Å². The normalized spacial score (nSPS) is 10.6. The van der Waals surface area contributed by atoms with E-state index in [2.05, 4.69) is 5.32 Å². The molecule has 0 bridgehead atoms. The van der Waals surface area contributed by atoms with E-state index in [0.29, 0.717) is 0 Å². The van der Waals surface area contributed by atoms with Crippen molar-refractivity contribution in [3.8, 4) is 0 Å². The summed E-state index contributed by atoms with van der Waals surface area (Å²) in [5.41, 5.74) is 0.833. The molecule has 1 aromatic rings. The predicted molar refractivity (Wildman–Crippen MR) is 129 cm³/mol. The molecule has 36 heavy (non-hydrogen) atoms. The number of hydrogen-bond donors (Lipinski definition) is 4. The van der Waals surface area contributed by atoms with E-state index in [4.69, 9.17) is 5.11 Å². The molecule has 4 amide bonds. The Bertz CT molecular complexity index is 878. The van der Waals surface area contributed by atoms with Crippen LogP contribution in [0.25, 0.3) is 0 Å².